The summed E-state index contributed by atoms with van der Waals surface area (Å²) in [7, 11) is 0. The van der Waals surface area contributed by atoms with E-state index in [1.54, 1.807) is 13.8 Å². The summed E-state index contributed by atoms with van der Waals surface area (Å²) < 4.78 is 5.53. The summed E-state index contributed by atoms with van der Waals surface area (Å²) in [6, 6.07) is 6.33. The first-order chi connectivity index (χ1) is 19.9. The number of rotatable bonds is 16. The third-order valence-electron chi connectivity index (χ3n) is 7.81. The van der Waals surface area contributed by atoms with Crippen molar-refractivity contribution in [3.8, 4) is 0 Å². The van der Waals surface area contributed by atoms with Crippen LogP contribution in [0.4, 0.5) is 0 Å². The van der Waals surface area contributed by atoms with E-state index in [-0.39, 0.29) is 36.7 Å². The van der Waals surface area contributed by atoms with Crippen LogP contribution in [-0.4, -0.2) is 70.5 Å². The van der Waals surface area contributed by atoms with Crippen LogP contribution in [0.5, 0.6) is 0 Å². The van der Waals surface area contributed by atoms with Gasteiger partial charge in [0.05, 0.1) is 18.6 Å². The summed E-state index contributed by atoms with van der Waals surface area (Å²) in [5.41, 5.74) is 0.857. The minimum Gasteiger partial charge on any atom is -0.459 e. The van der Waals surface area contributed by atoms with Crippen molar-refractivity contribution in [2.45, 2.75) is 111 Å². The fourth-order valence-electron chi connectivity index (χ4n) is 5.15. The fraction of sp³-hybridized carbons (Fsp3) is 0.677. The molecule has 0 bridgehead atoms. The smallest absolute Gasteiger partial charge is 0.329 e. The number of amides is 3. The number of carbonyl (C=O) groups excluding carboxylic acids is 4. The molecule has 0 unspecified atom stereocenters. The molecule has 0 saturated carbocycles. The number of nitrogens with one attached hydrogen (secondary N) is 3. The molecule has 3 amide bonds. The molecule has 1 aliphatic rings. The lowest BCUT2D eigenvalue weighted by molar-refractivity contribution is -0.155. The van der Waals surface area contributed by atoms with E-state index in [1.165, 1.54) is 4.90 Å². The van der Waals surface area contributed by atoms with E-state index in [9.17, 15) is 24.3 Å². The zero-order valence-corrected chi connectivity index (χ0v) is 26.5. The van der Waals surface area contributed by atoms with Crippen molar-refractivity contribution >= 4 is 35.5 Å². The number of aliphatic hydroxyl groups excluding tert-OH is 1. The maximum Gasteiger partial charge on any atom is 0.329 e. The third kappa shape index (κ3) is 10.5. The topological polar surface area (TPSA) is 137 Å². The molecule has 42 heavy (non-hydrogen) atoms. The zero-order chi connectivity index (χ0) is 31.4. The molecule has 1 fully saturated rings. The maximum absolute atomic E-state index is 13.7. The van der Waals surface area contributed by atoms with Crippen LogP contribution in [0.2, 0.25) is 0 Å². The normalized spacial score (nSPS) is 18.7. The predicted molar refractivity (Wildman–Crippen MR) is 162 cm³/mol. The quantitative estimate of drug-likeness (QED) is 0.167. The summed E-state index contributed by atoms with van der Waals surface area (Å²) in [6.07, 6.45) is 0.985. The van der Waals surface area contributed by atoms with Gasteiger partial charge in [-0.05, 0) is 54.4 Å². The highest BCUT2D eigenvalue weighted by Crippen LogP contribution is 2.22. The van der Waals surface area contributed by atoms with Crippen LogP contribution in [-0.2, 0) is 30.5 Å². The number of likely N-dealkylation sites (tertiary alicyclic amines) is 1. The van der Waals surface area contributed by atoms with Crippen LogP contribution in [0.25, 0.3) is 0 Å². The molecule has 1 aromatic rings. The summed E-state index contributed by atoms with van der Waals surface area (Å²) in [4.78, 5) is 57.0. The molecule has 1 heterocycles. The lowest BCUT2D eigenvalue weighted by Crippen LogP contribution is -2.57. The first-order valence-corrected chi connectivity index (χ1v) is 15.4. The van der Waals surface area contributed by atoms with Crippen LogP contribution < -0.4 is 15.5 Å². The van der Waals surface area contributed by atoms with Crippen LogP contribution >= 0.6 is 11.8 Å². The Kier molecular flexibility index (Phi) is 14.7. The van der Waals surface area contributed by atoms with Crippen LogP contribution in [0.3, 0.4) is 0 Å². The van der Waals surface area contributed by atoms with Crippen molar-refractivity contribution in [1.82, 2.24) is 20.4 Å². The molecule has 1 aromatic carbocycles. The van der Waals surface area contributed by atoms with Crippen molar-refractivity contribution in [3.05, 3.63) is 35.9 Å². The second kappa shape index (κ2) is 17.4. The van der Waals surface area contributed by atoms with Crippen molar-refractivity contribution in [1.29, 1.82) is 0 Å². The Morgan fingerprint density at radius 3 is 2.31 bits per heavy atom. The molecule has 2 rings (SSSR count). The SMILES string of the molecule is CC[C@H](C)[C@@H](NCl)[C@@H](O)CC(=O)N[C@H](C(=O)N[C@@H](CC(C)C)C(=O)N1CCC[C@H]1C(=O)OCc1ccccc1)C(C)C. The summed E-state index contributed by atoms with van der Waals surface area (Å²) in [5.74, 6) is -1.98. The molecule has 236 valence electrons. The number of nitrogens with zero attached hydrogens (tertiary/aromatic N) is 1. The predicted octanol–water partition coefficient (Wildman–Crippen LogP) is 3.30. The van der Waals surface area contributed by atoms with Gasteiger partial charge in [-0.2, -0.15) is 0 Å². The average Bonchev–Trinajstić information content (AvgIpc) is 3.44. The fourth-order valence-corrected chi connectivity index (χ4v) is 5.51. The van der Waals surface area contributed by atoms with Gasteiger partial charge < -0.3 is 25.4 Å². The highest BCUT2D eigenvalue weighted by molar-refractivity contribution is 6.13. The Hall–Kier alpha value is -2.69. The molecule has 0 radical (unpaired) electrons. The molecule has 1 saturated heterocycles. The summed E-state index contributed by atoms with van der Waals surface area (Å²) in [5, 5.41) is 16.2. The number of hydrogen-bond acceptors (Lipinski definition) is 7. The van der Waals surface area contributed by atoms with Crippen molar-refractivity contribution in [2.75, 3.05) is 6.54 Å². The Balaban J connectivity index is 2.09. The standard InChI is InChI=1S/C31H49ClN4O6/c1-7-21(6)28(35-32)25(37)17-26(38)34-27(20(4)5)29(39)33-23(16-19(2)3)30(40)36-15-11-14-24(36)31(41)42-18-22-12-9-8-10-13-22/h8-10,12-13,19-21,23-25,27-28,35,37H,7,11,14-18H2,1-6H3,(H,33,39)(H,34,38)/t21-,23-,24-,25-,27-,28+/m0/s1. The Morgan fingerprint density at radius 1 is 1.07 bits per heavy atom. The van der Waals surface area contributed by atoms with E-state index in [4.69, 9.17) is 16.5 Å². The molecule has 0 aliphatic carbocycles. The van der Waals surface area contributed by atoms with Gasteiger partial charge in [0, 0.05) is 6.54 Å². The van der Waals surface area contributed by atoms with Gasteiger partial charge in [-0.15, -0.1) is 0 Å². The summed E-state index contributed by atoms with van der Waals surface area (Å²) >= 11 is 5.81. The van der Waals surface area contributed by atoms with E-state index in [1.807, 2.05) is 58.0 Å². The largest absolute Gasteiger partial charge is 0.459 e. The second-order valence-electron chi connectivity index (χ2n) is 12.1. The number of esters is 1. The molecule has 10 nitrogen and oxygen atoms in total. The van der Waals surface area contributed by atoms with Gasteiger partial charge >= 0.3 is 5.97 Å². The molecule has 0 spiro atoms. The lowest BCUT2D eigenvalue weighted by Gasteiger charge is -2.31. The summed E-state index contributed by atoms with van der Waals surface area (Å²) in [6.45, 7) is 11.9. The van der Waals surface area contributed by atoms with E-state index in [2.05, 4.69) is 15.5 Å². The molecule has 0 aromatic heterocycles. The third-order valence-corrected chi connectivity index (χ3v) is 8.06. The monoisotopic (exact) mass is 608 g/mol. The number of hydrogen-bond donors (Lipinski definition) is 4. The Morgan fingerprint density at radius 2 is 1.74 bits per heavy atom. The molecular weight excluding hydrogens is 560 g/mol. The first kappa shape index (κ1) is 35.5. The van der Waals surface area contributed by atoms with E-state index < -0.39 is 48.1 Å². The van der Waals surface area contributed by atoms with E-state index in [0.29, 0.717) is 25.8 Å². The second-order valence-corrected chi connectivity index (χ2v) is 12.3. The Labute approximate surface area is 255 Å². The van der Waals surface area contributed by atoms with Gasteiger partial charge in [-0.1, -0.05) is 78.3 Å². The lowest BCUT2D eigenvalue weighted by atomic mass is 9.93. The molecular formula is C31H49ClN4O6. The minimum absolute atomic E-state index is 0.0299. The number of halogens is 1. The van der Waals surface area contributed by atoms with Gasteiger partial charge in [-0.25, -0.2) is 9.63 Å². The number of carbonyl (C=O) groups is 4. The number of aliphatic hydroxyl groups is 1. The first-order valence-electron chi connectivity index (χ1n) is 15.0. The van der Waals surface area contributed by atoms with Gasteiger partial charge in [0.2, 0.25) is 17.7 Å². The average molecular weight is 609 g/mol. The highest BCUT2D eigenvalue weighted by Gasteiger charge is 2.39. The minimum atomic E-state index is -1.04. The number of benzene rings is 1. The zero-order valence-electron chi connectivity index (χ0n) is 25.8. The maximum atomic E-state index is 13.7. The molecule has 4 N–H and O–H groups in total. The molecule has 6 atom stereocenters. The van der Waals surface area contributed by atoms with Crippen LogP contribution in [0.1, 0.15) is 79.2 Å². The molecule has 1 aliphatic heterocycles. The highest BCUT2D eigenvalue weighted by atomic mass is 35.5. The Bertz CT molecular complexity index is 1020. The van der Waals surface area contributed by atoms with Gasteiger partial charge in [0.15, 0.2) is 0 Å². The van der Waals surface area contributed by atoms with Gasteiger partial charge in [-0.3, -0.25) is 14.4 Å². The van der Waals surface area contributed by atoms with Crippen LogP contribution in [0.15, 0.2) is 30.3 Å². The van der Waals surface area contributed by atoms with Gasteiger partial charge in [0.25, 0.3) is 0 Å². The molecule has 11 heteroatoms. The van der Waals surface area contributed by atoms with Gasteiger partial charge in [0.1, 0.15) is 24.7 Å². The van der Waals surface area contributed by atoms with Crippen molar-refractivity contribution in [2.24, 2.45) is 17.8 Å². The van der Waals surface area contributed by atoms with E-state index in [0.717, 1.165) is 12.0 Å². The van der Waals surface area contributed by atoms with Crippen molar-refractivity contribution in [3.63, 3.8) is 0 Å². The van der Waals surface area contributed by atoms with E-state index >= 15 is 0 Å². The van der Waals surface area contributed by atoms with Crippen LogP contribution in [0, 0.1) is 17.8 Å². The number of ether oxygens (including phenoxy) is 1. The van der Waals surface area contributed by atoms with Crippen molar-refractivity contribution < 1.29 is 29.0 Å².